The molecule has 1 fully saturated rings. The van der Waals surface area contributed by atoms with E-state index in [-0.39, 0.29) is 6.61 Å². The lowest BCUT2D eigenvalue weighted by atomic mass is 9.96. The summed E-state index contributed by atoms with van der Waals surface area (Å²) in [5.41, 5.74) is 1.99. The Hall–Kier alpha value is -2.02. The number of hydrogen-bond acceptors (Lipinski definition) is 6. The summed E-state index contributed by atoms with van der Waals surface area (Å²) in [7, 11) is 3.80. The summed E-state index contributed by atoms with van der Waals surface area (Å²) in [5.74, 6) is 2.30. The monoisotopic (exact) mass is 370 g/mol. The Balaban J connectivity index is 1.65. The van der Waals surface area contributed by atoms with Gasteiger partial charge in [-0.05, 0) is 37.6 Å². The summed E-state index contributed by atoms with van der Waals surface area (Å²) in [6, 6.07) is 7.78. The Morgan fingerprint density at radius 1 is 1.19 bits per heavy atom. The molecule has 0 spiro atoms. The summed E-state index contributed by atoms with van der Waals surface area (Å²) < 4.78 is 5.40. The SMILES string of the molecule is CCN(C)C[C@@H]1CN(Cc2cnc(-c3ccccc3OC)nc2)C[C@@H]1CO. The number of methoxy groups -OCH3 is 1. The molecule has 2 aromatic rings. The van der Waals surface area contributed by atoms with Gasteiger partial charge in [0.1, 0.15) is 5.75 Å². The number of aromatic nitrogens is 2. The second kappa shape index (κ2) is 9.26. The molecule has 1 aromatic carbocycles. The van der Waals surface area contributed by atoms with Gasteiger partial charge in [0.2, 0.25) is 0 Å². The van der Waals surface area contributed by atoms with Gasteiger partial charge in [-0.2, -0.15) is 0 Å². The molecule has 146 valence electrons. The van der Waals surface area contributed by atoms with Crippen LogP contribution in [0.3, 0.4) is 0 Å². The predicted octanol–water partition coefficient (Wildman–Crippen LogP) is 2.14. The maximum Gasteiger partial charge on any atom is 0.162 e. The first kappa shape index (κ1) is 19.7. The van der Waals surface area contributed by atoms with E-state index in [9.17, 15) is 5.11 Å². The number of nitrogens with zero attached hydrogens (tertiary/aromatic N) is 4. The summed E-state index contributed by atoms with van der Waals surface area (Å²) in [6.45, 7) is 7.23. The molecule has 0 saturated carbocycles. The number of aliphatic hydroxyl groups excluding tert-OH is 1. The molecule has 1 aliphatic heterocycles. The molecule has 2 atom stereocenters. The highest BCUT2D eigenvalue weighted by atomic mass is 16.5. The van der Waals surface area contributed by atoms with Crippen molar-refractivity contribution in [3.05, 3.63) is 42.2 Å². The van der Waals surface area contributed by atoms with Crippen LogP contribution in [0.25, 0.3) is 11.4 Å². The number of para-hydroxylation sites is 1. The van der Waals surface area contributed by atoms with Crippen LogP contribution in [0.5, 0.6) is 5.75 Å². The fraction of sp³-hybridized carbons (Fsp3) is 0.524. The van der Waals surface area contributed by atoms with E-state index in [2.05, 4.69) is 33.7 Å². The second-order valence-corrected chi connectivity index (χ2v) is 7.37. The highest BCUT2D eigenvalue weighted by molar-refractivity contribution is 5.63. The van der Waals surface area contributed by atoms with Gasteiger partial charge in [-0.1, -0.05) is 19.1 Å². The third kappa shape index (κ3) is 4.83. The Labute approximate surface area is 161 Å². The standard InChI is InChI=1S/C21H30N4O2/c1-4-24(2)12-17-13-25(14-18(17)15-26)11-16-9-22-21(23-10-16)19-7-5-6-8-20(19)27-3/h5-10,17-18,26H,4,11-15H2,1-3H3/t17-,18-/m1/s1. The van der Waals surface area contributed by atoms with E-state index in [1.54, 1.807) is 7.11 Å². The largest absolute Gasteiger partial charge is 0.496 e. The van der Waals surface area contributed by atoms with E-state index >= 15 is 0 Å². The Bertz CT molecular complexity index is 722. The van der Waals surface area contributed by atoms with Crippen molar-refractivity contribution in [1.29, 1.82) is 0 Å². The molecule has 0 radical (unpaired) electrons. The van der Waals surface area contributed by atoms with E-state index in [4.69, 9.17) is 4.74 Å². The average molecular weight is 370 g/mol. The molecule has 27 heavy (non-hydrogen) atoms. The van der Waals surface area contributed by atoms with Gasteiger partial charge in [-0.25, -0.2) is 9.97 Å². The van der Waals surface area contributed by atoms with Crippen LogP contribution in [-0.2, 0) is 6.54 Å². The van der Waals surface area contributed by atoms with Gasteiger partial charge >= 0.3 is 0 Å². The number of hydrogen-bond donors (Lipinski definition) is 1. The van der Waals surface area contributed by atoms with E-state index in [1.807, 2.05) is 36.7 Å². The van der Waals surface area contributed by atoms with Crippen molar-refractivity contribution in [2.45, 2.75) is 13.5 Å². The zero-order valence-electron chi connectivity index (χ0n) is 16.5. The molecule has 3 rings (SSSR count). The molecule has 1 aliphatic rings. The van der Waals surface area contributed by atoms with Crippen LogP contribution in [0, 0.1) is 11.8 Å². The van der Waals surface area contributed by atoms with Crippen molar-refractivity contribution in [2.75, 3.05) is 46.9 Å². The van der Waals surface area contributed by atoms with E-state index in [1.165, 1.54) is 0 Å². The van der Waals surface area contributed by atoms with E-state index in [0.717, 1.165) is 49.6 Å². The zero-order valence-corrected chi connectivity index (χ0v) is 16.5. The molecule has 0 unspecified atom stereocenters. The molecule has 1 aromatic heterocycles. The summed E-state index contributed by atoms with van der Waals surface area (Å²) in [6.07, 6.45) is 3.79. The van der Waals surface area contributed by atoms with Crippen molar-refractivity contribution < 1.29 is 9.84 Å². The third-order valence-corrected chi connectivity index (χ3v) is 5.43. The van der Waals surface area contributed by atoms with Gasteiger partial charge in [0.25, 0.3) is 0 Å². The van der Waals surface area contributed by atoms with Crippen molar-refractivity contribution in [3.8, 4) is 17.1 Å². The summed E-state index contributed by atoms with van der Waals surface area (Å²) in [4.78, 5) is 13.8. The van der Waals surface area contributed by atoms with Gasteiger partial charge in [0.15, 0.2) is 5.82 Å². The van der Waals surface area contributed by atoms with Crippen molar-refractivity contribution >= 4 is 0 Å². The fourth-order valence-electron chi connectivity index (χ4n) is 3.77. The Morgan fingerprint density at radius 2 is 1.89 bits per heavy atom. The van der Waals surface area contributed by atoms with Gasteiger partial charge < -0.3 is 14.7 Å². The van der Waals surface area contributed by atoms with Crippen molar-refractivity contribution in [3.63, 3.8) is 0 Å². The number of rotatable bonds is 8. The first-order chi connectivity index (χ1) is 13.1. The molecule has 1 saturated heterocycles. The van der Waals surface area contributed by atoms with Crippen LogP contribution in [0.1, 0.15) is 12.5 Å². The minimum Gasteiger partial charge on any atom is -0.496 e. The fourth-order valence-corrected chi connectivity index (χ4v) is 3.77. The minimum absolute atomic E-state index is 0.252. The molecular weight excluding hydrogens is 340 g/mol. The van der Waals surface area contributed by atoms with Crippen LogP contribution in [0.2, 0.25) is 0 Å². The van der Waals surface area contributed by atoms with Gasteiger partial charge in [-0.15, -0.1) is 0 Å². The van der Waals surface area contributed by atoms with Crippen LogP contribution in [0.15, 0.2) is 36.7 Å². The molecular formula is C21H30N4O2. The van der Waals surface area contributed by atoms with Gasteiger partial charge in [-0.3, -0.25) is 4.90 Å². The predicted molar refractivity (Wildman–Crippen MR) is 107 cm³/mol. The first-order valence-electron chi connectivity index (χ1n) is 9.60. The van der Waals surface area contributed by atoms with Crippen molar-refractivity contribution in [2.24, 2.45) is 11.8 Å². The Kier molecular flexibility index (Phi) is 6.77. The normalized spacial score (nSPS) is 20.3. The molecule has 2 heterocycles. The van der Waals surface area contributed by atoms with Gasteiger partial charge in [0.05, 0.1) is 12.7 Å². The van der Waals surface area contributed by atoms with Crippen LogP contribution < -0.4 is 4.74 Å². The average Bonchev–Trinajstić information content (AvgIpc) is 3.09. The second-order valence-electron chi connectivity index (χ2n) is 7.37. The van der Waals surface area contributed by atoms with E-state index < -0.39 is 0 Å². The molecule has 6 heteroatoms. The zero-order chi connectivity index (χ0) is 19.2. The van der Waals surface area contributed by atoms with E-state index in [0.29, 0.717) is 17.7 Å². The van der Waals surface area contributed by atoms with Gasteiger partial charge in [0, 0.05) is 50.7 Å². The van der Waals surface area contributed by atoms with Crippen LogP contribution in [0.4, 0.5) is 0 Å². The highest BCUT2D eigenvalue weighted by Gasteiger charge is 2.32. The minimum atomic E-state index is 0.252. The Morgan fingerprint density at radius 3 is 2.56 bits per heavy atom. The quantitative estimate of drug-likeness (QED) is 0.768. The molecule has 0 amide bonds. The maximum absolute atomic E-state index is 9.74. The summed E-state index contributed by atoms with van der Waals surface area (Å²) >= 11 is 0. The lowest BCUT2D eigenvalue weighted by Gasteiger charge is -2.22. The third-order valence-electron chi connectivity index (χ3n) is 5.43. The number of ether oxygens (including phenoxy) is 1. The first-order valence-corrected chi connectivity index (χ1v) is 9.60. The highest BCUT2D eigenvalue weighted by Crippen LogP contribution is 2.27. The smallest absolute Gasteiger partial charge is 0.162 e. The summed E-state index contributed by atoms with van der Waals surface area (Å²) in [5, 5.41) is 9.74. The maximum atomic E-state index is 9.74. The number of benzene rings is 1. The van der Waals surface area contributed by atoms with Crippen LogP contribution in [-0.4, -0.2) is 71.8 Å². The van der Waals surface area contributed by atoms with Crippen molar-refractivity contribution in [1.82, 2.24) is 19.8 Å². The topological polar surface area (TPSA) is 61.7 Å². The number of likely N-dealkylation sites (tertiary alicyclic amines) is 1. The molecule has 6 nitrogen and oxygen atoms in total. The lowest BCUT2D eigenvalue weighted by Crippen LogP contribution is -2.31. The molecule has 1 N–H and O–H groups in total. The lowest BCUT2D eigenvalue weighted by molar-refractivity contribution is 0.177. The van der Waals surface area contributed by atoms with Crippen LogP contribution >= 0.6 is 0 Å². The number of aliphatic hydroxyl groups is 1. The molecule has 0 aliphatic carbocycles. The molecule has 0 bridgehead atoms.